The van der Waals surface area contributed by atoms with Gasteiger partial charge < -0.3 is 5.11 Å². The first kappa shape index (κ1) is 10.6. The molecule has 0 aliphatic carbocycles. The second kappa shape index (κ2) is 4.31. The zero-order chi connectivity index (χ0) is 11.5. The standard InChI is InChI=1S/C13H13NO2/c1-9-7-10-3-2-6-14-13(10)11(8-9)4-5-12(15)16/h2-3,6-8H,4-5H2,1H3,(H,15,16). The lowest BCUT2D eigenvalue weighted by molar-refractivity contribution is -0.136. The first-order chi connectivity index (χ1) is 7.66. The van der Waals surface area contributed by atoms with Gasteiger partial charge in [0.1, 0.15) is 0 Å². The summed E-state index contributed by atoms with van der Waals surface area (Å²) < 4.78 is 0. The Bertz CT molecular complexity index is 534. The number of benzene rings is 1. The van der Waals surface area contributed by atoms with Crippen molar-refractivity contribution in [3.05, 3.63) is 41.6 Å². The Morgan fingerprint density at radius 3 is 3.00 bits per heavy atom. The molecule has 0 aliphatic heterocycles. The number of pyridine rings is 1. The van der Waals surface area contributed by atoms with E-state index < -0.39 is 5.97 Å². The molecule has 2 rings (SSSR count). The minimum Gasteiger partial charge on any atom is -0.481 e. The van der Waals surface area contributed by atoms with Crippen molar-refractivity contribution in [2.45, 2.75) is 19.8 Å². The Kier molecular flexibility index (Phi) is 2.86. The number of hydrogen-bond donors (Lipinski definition) is 1. The molecule has 1 aromatic heterocycles. The van der Waals surface area contributed by atoms with Gasteiger partial charge in [-0.15, -0.1) is 0 Å². The van der Waals surface area contributed by atoms with E-state index in [2.05, 4.69) is 11.1 Å². The van der Waals surface area contributed by atoms with Crippen molar-refractivity contribution in [3.63, 3.8) is 0 Å². The normalized spacial score (nSPS) is 10.6. The lowest BCUT2D eigenvalue weighted by atomic mass is 10.0. The fourth-order valence-corrected chi connectivity index (χ4v) is 1.86. The average Bonchev–Trinajstić information content (AvgIpc) is 2.25. The second-order valence-corrected chi connectivity index (χ2v) is 3.89. The van der Waals surface area contributed by atoms with Gasteiger partial charge in [0.05, 0.1) is 5.52 Å². The molecule has 0 radical (unpaired) electrons. The van der Waals surface area contributed by atoms with Crippen LogP contribution in [-0.4, -0.2) is 16.1 Å². The minimum atomic E-state index is -0.773. The summed E-state index contributed by atoms with van der Waals surface area (Å²) in [6.45, 7) is 2.01. The molecule has 0 atom stereocenters. The van der Waals surface area contributed by atoms with Crippen LogP contribution in [0.25, 0.3) is 10.9 Å². The number of aryl methyl sites for hydroxylation is 2. The summed E-state index contributed by atoms with van der Waals surface area (Å²) >= 11 is 0. The third-order valence-corrected chi connectivity index (χ3v) is 2.54. The molecule has 16 heavy (non-hydrogen) atoms. The van der Waals surface area contributed by atoms with Crippen molar-refractivity contribution in [2.75, 3.05) is 0 Å². The fraction of sp³-hybridized carbons (Fsp3) is 0.231. The summed E-state index contributed by atoms with van der Waals surface area (Å²) in [6, 6.07) is 7.97. The van der Waals surface area contributed by atoms with E-state index in [1.54, 1.807) is 6.20 Å². The highest BCUT2D eigenvalue weighted by Gasteiger charge is 2.05. The quantitative estimate of drug-likeness (QED) is 0.856. The number of rotatable bonds is 3. The predicted molar refractivity (Wildman–Crippen MR) is 62.4 cm³/mol. The van der Waals surface area contributed by atoms with E-state index >= 15 is 0 Å². The number of hydrogen-bond acceptors (Lipinski definition) is 2. The number of carbonyl (C=O) groups is 1. The Morgan fingerprint density at radius 2 is 2.25 bits per heavy atom. The smallest absolute Gasteiger partial charge is 0.303 e. The van der Waals surface area contributed by atoms with Crippen molar-refractivity contribution >= 4 is 16.9 Å². The molecular formula is C13H13NO2. The zero-order valence-electron chi connectivity index (χ0n) is 9.10. The Labute approximate surface area is 93.7 Å². The Hall–Kier alpha value is -1.90. The molecule has 3 heteroatoms. The molecule has 0 fully saturated rings. The first-order valence-electron chi connectivity index (χ1n) is 5.23. The molecule has 0 unspecified atom stereocenters. The number of nitrogens with zero attached hydrogens (tertiary/aromatic N) is 1. The van der Waals surface area contributed by atoms with Crippen LogP contribution in [0.15, 0.2) is 30.5 Å². The molecule has 0 saturated heterocycles. The molecule has 1 heterocycles. The first-order valence-corrected chi connectivity index (χ1v) is 5.23. The second-order valence-electron chi connectivity index (χ2n) is 3.89. The van der Waals surface area contributed by atoms with Crippen molar-refractivity contribution in [2.24, 2.45) is 0 Å². The fourth-order valence-electron chi connectivity index (χ4n) is 1.86. The highest BCUT2D eigenvalue weighted by atomic mass is 16.4. The zero-order valence-corrected chi connectivity index (χ0v) is 9.10. The van der Waals surface area contributed by atoms with E-state index in [0.717, 1.165) is 22.0 Å². The summed E-state index contributed by atoms with van der Waals surface area (Å²) in [6.07, 6.45) is 2.42. The number of fused-ring (bicyclic) bond motifs is 1. The van der Waals surface area contributed by atoms with Crippen LogP contribution in [0.3, 0.4) is 0 Å². The van der Waals surface area contributed by atoms with Gasteiger partial charge in [0.25, 0.3) is 0 Å². The third-order valence-electron chi connectivity index (χ3n) is 2.54. The summed E-state index contributed by atoms with van der Waals surface area (Å²) in [5.41, 5.74) is 3.06. The molecule has 0 aliphatic rings. The predicted octanol–water partition coefficient (Wildman–Crippen LogP) is 2.56. The average molecular weight is 215 g/mol. The van der Waals surface area contributed by atoms with Crippen LogP contribution in [0.4, 0.5) is 0 Å². The van der Waals surface area contributed by atoms with Crippen LogP contribution in [0, 0.1) is 6.92 Å². The van der Waals surface area contributed by atoms with E-state index in [1.807, 2.05) is 25.1 Å². The van der Waals surface area contributed by atoms with Gasteiger partial charge in [0.15, 0.2) is 0 Å². The molecule has 0 spiro atoms. The minimum absolute atomic E-state index is 0.148. The van der Waals surface area contributed by atoms with E-state index in [4.69, 9.17) is 5.11 Å². The van der Waals surface area contributed by atoms with Crippen molar-refractivity contribution in [1.29, 1.82) is 0 Å². The molecule has 82 valence electrons. The van der Waals surface area contributed by atoms with Crippen molar-refractivity contribution < 1.29 is 9.90 Å². The SMILES string of the molecule is Cc1cc(CCC(=O)O)c2ncccc2c1. The van der Waals surface area contributed by atoms with E-state index in [-0.39, 0.29) is 6.42 Å². The number of aromatic nitrogens is 1. The van der Waals surface area contributed by atoms with Crippen molar-refractivity contribution in [1.82, 2.24) is 4.98 Å². The Balaban J connectivity index is 2.46. The van der Waals surface area contributed by atoms with Gasteiger partial charge in [-0.1, -0.05) is 17.7 Å². The summed E-state index contributed by atoms with van der Waals surface area (Å²) in [5, 5.41) is 9.77. The van der Waals surface area contributed by atoms with Crippen LogP contribution in [0.5, 0.6) is 0 Å². The maximum atomic E-state index is 10.6. The summed E-state index contributed by atoms with van der Waals surface area (Å²) in [5.74, 6) is -0.773. The molecular weight excluding hydrogens is 202 g/mol. The lowest BCUT2D eigenvalue weighted by Gasteiger charge is -2.06. The monoisotopic (exact) mass is 215 g/mol. The van der Waals surface area contributed by atoms with Gasteiger partial charge in [-0.05, 0) is 31.0 Å². The molecule has 0 bridgehead atoms. The molecule has 0 saturated carbocycles. The van der Waals surface area contributed by atoms with Gasteiger partial charge in [-0.3, -0.25) is 9.78 Å². The molecule has 2 aromatic rings. The number of carboxylic acids is 1. The van der Waals surface area contributed by atoms with Crippen LogP contribution >= 0.6 is 0 Å². The van der Waals surface area contributed by atoms with Crippen LogP contribution in [0.1, 0.15) is 17.5 Å². The van der Waals surface area contributed by atoms with Gasteiger partial charge >= 0.3 is 5.97 Å². The Morgan fingerprint density at radius 1 is 1.44 bits per heavy atom. The summed E-state index contributed by atoms with van der Waals surface area (Å²) in [7, 11) is 0. The van der Waals surface area contributed by atoms with E-state index in [9.17, 15) is 4.79 Å². The molecule has 3 nitrogen and oxygen atoms in total. The lowest BCUT2D eigenvalue weighted by Crippen LogP contribution is -1.99. The highest BCUT2D eigenvalue weighted by Crippen LogP contribution is 2.19. The van der Waals surface area contributed by atoms with Gasteiger partial charge in [-0.25, -0.2) is 0 Å². The number of aliphatic carboxylic acids is 1. The van der Waals surface area contributed by atoms with Crippen LogP contribution in [0.2, 0.25) is 0 Å². The highest BCUT2D eigenvalue weighted by molar-refractivity contribution is 5.83. The maximum absolute atomic E-state index is 10.6. The van der Waals surface area contributed by atoms with Crippen molar-refractivity contribution in [3.8, 4) is 0 Å². The topological polar surface area (TPSA) is 50.2 Å². The molecule has 1 aromatic carbocycles. The summed E-state index contributed by atoms with van der Waals surface area (Å²) in [4.78, 5) is 14.9. The van der Waals surface area contributed by atoms with Gasteiger partial charge in [0.2, 0.25) is 0 Å². The largest absolute Gasteiger partial charge is 0.481 e. The van der Waals surface area contributed by atoms with Crippen LogP contribution < -0.4 is 0 Å². The van der Waals surface area contributed by atoms with E-state index in [1.165, 1.54) is 0 Å². The number of carboxylic acid groups (broad SMARTS) is 1. The third kappa shape index (κ3) is 2.19. The molecule has 0 amide bonds. The van der Waals surface area contributed by atoms with Gasteiger partial charge in [0, 0.05) is 18.0 Å². The van der Waals surface area contributed by atoms with Crippen LogP contribution in [-0.2, 0) is 11.2 Å². The van der Waals surface area contributed by atoms with E-state index in [0.29, 0.717) is 6.42 Å². The molecule has 1 N–H and O–H groups in total. The maximum Gasteiger partial charge on any atom is 0.303 e. The van der Waals surface area contributed by atoms with Gasteiger partial charge in [-0.2, -0.15) is 0 Å².